The van der Waals surface area contributed by atoms with Gasteiger partial charge in [0.15, 0.2) is 5.78 Å². The van der Waals surface area contributed by atoms with Crippen LogP contribution in [0.4, 0.5) is 15.8 Å². The summed E-state index contributed by atoms with van der Waals surface area (Å²) in [6.07, 6.45) is 1.25. The van der Waals surface area contributed by atoms with Gasteiger partial charge in [-0.1, -0.05) is 6.58 Å². The summed E-state index contributed by atoms with van der Waals surface area (Å²) in [6.45, 7) is 9.72. The monoisotopic (exact) mass is 510 g/mol. The number of nitrogens with two attached hydrogens (primary N) is 1. The number of ether oxygens (including phenoxy) is 1. The molecule has 0 spiro atoms. The van der Waals surface area contributed by atoms with Crippen LogP contribution in [0.1, 0.15) is 23.1 Å². The van der Waals surface area contributed by atoms with Gasteiger partial charge in [-0.25, -0.2) is 9.37 Å². The summed E-state index contributed by atoms with van der Waals surface area (Å²) in [6, 6.07) is 9.65. The van der Waals surface area contributed by atoms with Crippen LogP contribution >= 0.6 is 0 Å². The van der Waals surface area contributed by atoms with E-state index in [0.717, 1.165) is 32.0 Å². The third-order valence-electron chi connectivity index (χ3n) is 6.15. The highest BCUT2D eigenvalue weighted by molar-refractivity contribution is 5.95. The van der Waals surface area contributed by atoms with Gasteiger partial charge in [0.05, 0.1) is 36.2 Å². The zero-order chi connectivity index (χ0) is 26.9. The number of fused-ring (bicyclic) bond motifs is 1. The third-order valence-corrected chi connectivity index (χ3v) is 6.15. The third kappa shape index (κ3) is 7.22. The molecule has 0 bridgehead atoms. The van der Waals surface area contributed by atoms with Crippen molar-refractivity contribution in [3.63, 3.8) is 0 Å². The number of rotatable bonds is 8. The predicted molar refractivity (Wildman–Crippen MR) is 145 cm³/mol. The van der Waals surface area contributed by atoms with E-state index >= 15 is 0 Å². The van der Waals surface area contributed by atoms with E-state index in [1.165, 1.54) is 25.3 Å². The maximum atomic E-state index is 13.9. The second-order valence-corrected chi connectivity index (χ2v) is 8.90. The number of halogens is 1. The van der Waals surface area contributed by atoms with E-state index in [1.807, 2.05) is 12.1 Å². The number of nitrogens with one attached hydrogen (secondary N) is 1. The van der Waals surface area contributed by atoms with E-state index in [9.17, 15) is 14.0 Å². The Morgan fingerprint density at radius 2 is 1.84 bits per heavy atom. The molecule has 10 heteroatoms. The number of nitrogens with zero attached hydrogens (tertiary/aromatic N) is 4. The Morgan fingerprint density at radius 3 is 2.49 bits per heavy atom. The fourth-order valence-electron chi connectivity index (χ4n) is 4.12. The highest BCUT2D eigenvalue weighted by Gasteiger charge is 2.18. The molecule has 1 aliphatic heterocycles. The molecule has 4 rings (SSSR count). The SMILES string of the molecule is C=CN.COCCn1c(CN2CCN(C)CC2)nc2ccc(Nc3ccc(F)c(C(C)=O)c3)cc2c1=O. The van der Waals surface area contributed by atoms with E-state index in [1.54, 1.807) is 23.8 Å². The lowest BCUT2D eigenvalue weighted by atomic mass is 10.1. The normalized spacial score (nSPS) is 14.2. The van der Waals surface area contributed by atoms with Gasteiger partial charge in [0.25, 0.3) is 5.56 Å². The molecule has 0 saturated carbocycles. The van der Waals surface area contributed by atoms with Crippen molar-refractivity contribution in [1.82, 2.24) is 19.4 Å². The predicted octanol–water partition coefficient (Wildman–Crippen LogP) is 2.96. The van der Waals surface area contributed by atoms with Crippen molar-refractivity contribution < 1.29 is 13.9 Å². The van der Waals surface area contributed by atoms with Gasteiger partial charge in [-0.2, -0.15) is 0 Å². The first-order valence-electron chi connectivity index (χ1n) is 12.1. The van der Waals surface area contributed by atoms with Crippen LogP contribution in [0.5, 0.6) is 0 Å². The largest absolute Gasteiger partial charge is 0.405 e. The zero-order valence-corrected chi connectivity index (χ0v) is 21.7. The highest BCUT2D eigenvalue weighted by atomic mass is 19.1. The van der Waals surface area contributed by atoms with E-state index in [4.69, 9.17) is 9.72 Å². The Bertz CT molecular complexity index is 1300. The van der Waals surface area contributed by atoms with Crippen LogP contribution in [0, 0.1) is 5.82 Å². The summed E-state index contributed by atoms with van der Waals surface area (Å²) in [5, 5.41) is 3.64. The number of benzene rings is 2. The maximum Gasteiger partial charge on any atom is 0.261 e. The number of methoxy groups -OCH3 is 1. The molecule has 3 aromatic rings. The molecule has 3 N–H and O–H groups in total. The number of anilines is 2. The number of carbonyl (C=O) groups excluding carboxylic acids is 1. The Kier molecular flexibility index (Phi) is 9.90. The Labute approximate surface area is 216 Å². The van der Waals surface area contributed by atoms with Crippen molar-refractivity contribution in [2.45, 2.75) is 20.0 Å². The standard InChI is InChI=1S/C25H30FN5O3.C2H5N/c1-17(32)20-14-18(4-6-22(20)26)27-19-5-7-23-21(15-19)25(33)31(12-13-34-3)24(28-23)16-30-10-8-29(2)9-11-30;1-2-3/h4-7,14-15,27H,8-13,16H2,1-3H3;2H,1,3H2. The summed E-state index contributed by atoms with van der Waals surface area (Å²) in [7, 11) is 3.72. The molecule has 1 fully saturated rings. The smallest absolute Gasteiger partial charge is 0.261 e. The summed E-state index contributed by atoms with van der Waals surface area (Å²) in [5.74, 6) is -0.183. The van der Waals surface area contributed by atoms with Gasteiger partial charge in [0.1, 0.15) is 11.6 Å². The molecule has 2 heterocycles. The van der Waals surface area contributed by atoms with Crippen LogP contribution in [0.2, 0.25) is 0 Å². The first-order chi connectivity index (χ1) is 17.8. The highest BCUT2D eigenvalue weighted by Crippen LogP contribution is 2.23. The quantitative estimate of drug-likeness (QED) is 0.446. The molecule has 1 aromatic heterocycles. The first-order valence-corrected chi connectivity index (χ1v) is 12.1. The molecule has 37 heavy (non-hydrogen) atoms. The fourth-order valence-corrected chi connectivity index (χ4v) is 4.12. The molecule has 1 aliphatic rings. The number of aromatic nitrogens is 2. The van der Waals surface area contributed by atoms with Gasteiger partial charge in [0.2, 0.25) is 0 Å². The summed E-state index contributed by atoms with van der Waals surface area (Å²) in [5.41, 5.74) is 6.33. The topological polar surface area (TPSA) is 106 Å². The number of piperazine rings is 1. The molecule has 0 amide bonds. The van der Waals surface area contributed by atoms with Crippen LogP contribution in [0.25, 0.3) is 10.9 Å². The van der Waals surface area contributed by atoms with Gasteiger partial charge in [-0.3, -0.25) is 19.1 Å². The lowest BCUT2D eigenvalue weighted by molar-refractivity contribution is 0.101. The average Bonchev–Trinajstić information content (AvgIpc) is 2.87. The minimum atomic E-state index is -0.560. The van der Waals surface area contributed by atoms with Crippen LogP contribution in [0.15, 0.2) is 54.0 Å². The minimum Gasteiger partial charge on any atom is -0.405 e. The van der Waals surface area contributed by atoms with E-state index in [-0.39, 0.29) is 16.9 Å². The summed E-state index contributed by atoms with van der Waals surface area (Å²) < 4.78 is 20.8. The van der Waals surface area contributed by atoms with Crippen molar-refractivity contribution in [3.05, 3.63) is 76.7 Å². The number of ketones is 1. The van der Waals surface area contributed by atoms with Gasteiger partial charge < -0.3 is 20.7 Å². The Hall–Kier alpha value is -3.60. The van der Waals surface area contributed by atoms with Crippen LogP contribution < -0.4 is 16.6 Å². The Morgan fingerprint density at radius 1 is 1.19 bits per heavy atom. The molecule has 0 aliphatic carbocycles. The Balaban J connectivity index is 0.00000121. The van der Waals surface area contributed by atoms with E-state index in [0.29, 0.717) is 42.0 Å². The summed E-state index contributed by atoms with van der Waals surface area (Å²) in [4.78, 5) is 34.6. The van der Waals surface area contributed by atoms with Crippen molar-refractivity contribution in [2.24, 2.45) is 5.73 Å². The zero-order valence-electron chi connectivity index (χ0n) is 21.7. The number of carbonyl (C=O) groups is 1. The van der Waals surface area contributed by atoms with Crippen LogP contribution in [-0.2, 0) is 17.8 Å². The molecular weight excluding hydrogens is 475 g/mol. The van der Waals surface area contributed by atoms with Crippen molar-refractivity contribution in [3.8, 4) is 0 Å². The summed E-state index contributed by atoms with van der Waals surface area (Å²) >= 11 is 0. The van der Waals surface area contributed by atoms with Gasteiger partial charge >= 0.3 is 0 Å². The molecular formula is C27H35FN6O3. The number of hydrogen-bond donors (Lipinski definition) is 2. The van der Waals surface area contributed by atoms with Gasteiger partial charge in [-0.15, -0.1) is 0 Å². The van der Waals surface area contributed by atoms with E-state index in [2.05, 4.69) is 34.5 Å². The fraction of sp³-hybridized carbons (Fsp3) is 0.370. The number of hydrogen-bond acceptors (Lipinski definition) is 8. The van der Waals surface area contributed by atoms with Crippen molar-refractivity contribution >= 4 is 28.1 Å². The molecule has 1 saturated heterocycles. The maximum absolute atomic E-state index is 13.9. The second-order valence-electron chi connectivity index (χ2n) is 8.90. The lowest BCUT2D eigenvalue weighted by Gasteiger charge is -2.32. The van der Waals surface area contributed by atoms with Gasteiger partial charge in [-0.05, 0) is 56.6 Å². The van der Waals surface area contributed by atoms with E-state index < -0.39 is 5.82 Å². The average molecular weight is 511 g/mol. The number of likely N-dealkylation sites (N-methyl/N-ethyl adjacent to an activating group) is 1. The number of Topliss-reactive ketones (excluding diaryl/α,β-unsaturated/α-hetero) is 1. The van der Waals surface area contributed by atoms with Crippen LogP contribution in [-0.4, -0.2) is 72.1 Å². The molecule has 198 valence electrons. The second kappa shape index (κ2) is 13.1. The first kappa shape index (κ1) is 28.0. The van der Waals surface area contributed by atoms with Gasteiger partial charge in [0, 0.05) is 44.7 Å². The minimum absolute atomic E-state index is 0.0166. The van der Waals surface area contributed by atoms with Crippen LogP contribution in [0.3, 0.4) is 0 Å². The molecule has 0 unspecified atom stereocenters. The molecule has 9 nitrogen and oxygen atoms in total. The van der Waals surface area contributed by atoms with Crippen molar-refractivity contribution in [2.75, 3.05) is 52.3 Å². The molecule has 2 aromatic carbocycles. The lowest BCUT2D eigenvalue weighted by Crippen LogP contribution is -2.45. The van der Waals surface area contributed by atoms with Crippen molar-refractivity contribution in [1.29, 1.82) is 0 Å². The molecule has 0 atom stereocenters. The molecule has 0 radical (unpaired) electrons.